The Labute approximate surface area is 131 Å². The summed E-state index contributed by atoms with van der Waals surface area (Å²) in [7, 11) is 0. The number of carbonyl (C=O) groups excluding carboxylic acids is 1. The summed E-state index contributed by atoms with van der Waals surface area (Å²) < 4.78 is 0.731. The number of rotatable bonds is 3. The van der Waals surface area contributed by atoms with Crippen LogP contribution < -0.4 is 5.32 Å². The third-order valence-corrected chi connectivity index (χ3v) is 4.70. The fourth-order valence-electron chi connectivity index (χ4n) is 2.47. The molecule has 0 atom stereocenters. The molecule has 108 valence electrons. The number of nitro benzene ring substituents is 1. The molecular formula is C14H17IN2O3. The summed E-state index contributed by atoms with van der Waals surface area (Å²) in [5, 5.41) is 13.8. The van der Waals surface area contributed by atoms with E-state index < -0.39 is 4.92 Å². The number of hydrogen-bond acceptors (Lipinski definition) is 3. The molecule has 0 spiro atoms. The van der Waals surface area contributed by atoms with Gasteiger partial charge in [-0.3, -0.25) is 14.9 Å². The van der Waals surface area contributed by atoms with Crippen LogP contribution in [0.4, 0.5) is 5.69 Å². The van der Waals surface area contributed by atoms with Crippen LogP contribution in [0.15, 0.2) is 18.2 Å². The van der Waals surface area contributed by atoms with Crippen molar-refractivity contribution in [1.29, 1.82) is 0 Å². The number of hydrogen-bond donors (Lipinski definition) is 1. The molecule has 1 aliphatic rings. The monoisotopic (exact) mass is 388 g/mol. The number of amides is 1. The summed E-state index contributed by atoms with van der Waals surface area (Å²) in [4.78, 5) is 22.6. The Hall–Kier alpha value is -1.18. The first kappa shape index (κ1) is 15.2. The van der Waals surface area contributed by atoms with Crippen LogP contribution in [0, 0.1) is 19.6 Å². The van der Waals surface area contributed by atoms with Crippen molar-refractivity contribution in [3.63, 3.8) is 0 Å². The van der Waals surface area contributed by atoms with E-state index in [9.17, 15) is 14.9 Å². The maximum atomic E-state index is 12.3. The van der Waals surface area contributed by atoms with Crippen LogP contribution in [-0.4, -0.2) is 16.9 Å². The lowest BCUT2D eigenvalue weighted by Gasteiger charge is -2.27. The first-order valence-corrected chi connectivity index (χ1v) is 7.80. The van der Waals surface area contributed by atoms with Crippen LogP contribution in [0.1, 0.15) is 43.0 Å². The van der Waals surface area contributed by atoms with Gasteiger partial charge in [0, 0.05) is 21.7 Å². The quantitative estimate of drug-likeness (QED) is 0.489. The smallest absolute Gasteiger partial charge is 0.270 e. The van der Waals surface area contributed by atoms with Crippen molar-refractivity contribution >= 4 is 34.2 Å². The fraction of sp³-hybridized carbons (Fsp3) is 0.500. The van der Waals surface area contributed by atoms with Crippen molar-refractivity contribution in [3.8, 4) is 0 Å². The zero-order valence-corrected chi connectivity index (χ0v) is 13.4. The predicted octanol–water partition coefficient (Wildman–Crippen LogP) is 3.51. The largest absolute Gasteiger partial charge is 0.349 e. The lowest BCUT2D eigenvalue weighted by atomic mass is 9.87. The number of carbonyl (C=O) groups is 1. The molecule has 1 fully saturated rings. The predicted molar refractivity (Wildman–Crippen MR) is 84.7 cm³/mol. The number of nitrogens with one attached hydrogen (secondary N) is 1. The third-order valence-electron chi connectivity index (χ3n) is 3.76. The highest BCUT2D eigenvalue weighted by molar-refractivity contribution is 14.1. The van der Waals surface area contributed by atoms with E-state index in [1.54, 1.807) is 6.07 Å². The van der Waals surface area contributed by atoms with Gasteiger partial charge in [-0.25, -0.2) is 0 Å². The molecule has 0 aliphatic heterocycles. The van der Waals surface area contributed by atoms with Gasteiger partial charge in [-0.05, 0) is 60.3 Å². The molecule has 1 saturated carbocycles. The molecule has 1 N–H and O–H groups in total. The molecule has 0 radical (unpaired) electrons. The van der Waals surface area contributed by atoms with Gasteiger partial charge >= 0.3 is 0 Å². The SMILES string of the molecule is CC1CCC(NC(=O)c2cc([N+](=O)[O-])ccc2I)CC1. The molecule has 1 amide bonds. The Morgan fingerprint density at radius 2 is 2.00 bits per heavy atom. The minimum absolute atomic E-state index is 0.0483. The molecule has 1 aliphatic carbocycles. The minimum Gasteiger partial charge on any atom is -0.349 e. The summed E-state index contributed by atoms with van der Waals surface area (Å²) in [5.41, 5.74) is 0.339. The number of non-ortho nitro benzene ring substituents is 1. The van der Waals surface area contributed by atoms with Gasteiger partial charge in [0.1, 0.15) is 0 Å². The molecule has 0 unspecified atom stereocenters. The fourth-order valence-corrected chi connectivity index (χ4v) is 3.05. The Kier molecular flexibility index (Phi) is 4.95. The Balaban J connectivity index is 2.08. The second-order valence-electron chi connectivity index (χ2n) is 5.35. The van der Waals surface area contributed by atoms with Crippen molar-refractivity contribution in [2.45, 2.75) is 38.6 Å². The van der Waals surface area contributed by atoms with Gasteiger partial charge in [0.25, 0.3) is 11.6 Å². The van der Waals surface area contributed by atoms with Crippen molar-refractivity contribution in [2.24, 2.45) is 5.92 Å². The van der Waals surface area contributed by atoms with Gasteiger partial charge in [0.05, 0.1) is 10.5 Å². The molecular weight excluding hydrogens is 371 g/mol. The van der Waals surface area contributed by atoms with Gasteiger partial charge in [-0.15, -0.1) is 0 Å². The van der Waals surface area contributed by atoms with E-state index in [4.69, 9.17) is 0 Å². The first-order valence-electron chi connectivity index (χ1n) is 6.72. The summed E-state index contributed by atoms with van der Waals surface area (Å²) in [6.45, 7) is 2.22. The topological polar surface area (TPSA) is 72.2 Å². The van der Waals surface area contributed by atoms with E-state index in [1.165, 1.54) is 12.1 Å². The average molecular weight is 388 g/mol. The number of benzene rings is 1. The molecule has 1 aromatic carbocycles. The van der Waals surface area contributed by atoms with Crippen molar-refractivity contribution in [3.05, 3.63) is 37.4 Å². The molecule has 0 bridgehead atoms. The van der Waals surface area contributed by atoms with E-state index in [1.807, 2.05) is 22.6 Å². The summed E-state index contributed by atoms with van der Waals surface area (Å²) in [5.74, 6) is 0.513. The first-order chi connectivity index (χ1) is 9.47. The highest BCUT2D eigenvalue weighted by Gasteiger charge is 2.22. The molecule has 0 saturated heterocycles. The highest BCUT2D eigenvalue weighted by atomic mass is 127. The van der Waals surface area contributed by atoms with Gasteiger partial charge in [-0.1, -0.05) is 6.92 Å². The molecule has 0 heterocycles. The Bertz CT molecular complexity index is 525. The lowest BCUT2D eigenvalue weighted by molar-refractivity contribution is -0.384. The molecule has 20 heavy (non-hydrogen) atoms. The second kappa shape index (κ2) is 6.51. The number of nitro groups is 1. The molecule has 2 rings (SSSR count). The van der Waals surface area contributed by atoms with Crippen LogP contribution >= 0.6 is 22.6 Å². The summed E-state index contributed by atoms with van der Waals surface area (Å²) in [6.07, 6.45) is 4.21. The van der Waals surface area contributed by atoms with E-state index in [2.05, 4.69) is 12.2 Å². The Morgan fingerprint density at radius 1 is 1.35 bits per heavy atom. The molecule has 1 aromatic rings. The maximum absolute atomic E-state index is 12.3. The zero-order valence-electron chi connectivity index (χ0n) is 11.3. The zero-order chi connectivity index (χ0) is 14.7. The average Bonchev–Trinajstić information content (AvgIpc) is 2.41. The van der Waals surface area contributed by atoms with Crippen LogP contribution in [0.3, 0.4) is 0 Å². The Morgan fingerprint density at radius 3 is 2.60 bits per heavy atom. The normalized spacial score (nSPS) is 22.3. The van der Waals surface area contributed by atoms with Gasteiger partial charge in [0.2, 0.25) is 0 Å². The standard InChI is InChI=1S/C14H17IN2O3/c1-9-2-4-10(5-3-9)16-14(18)12-8-11(17(19)20)6-7-13(12)15/h6-10H,2-5H2,1H3,(H,16,18). The van der Waals surface area contributed by atoms with E-state index in [0.29, 0.717) is 5.56 Å². The van der Waals surface area contributed by atoms with Crippen LogP contribution in [0.2, 0.25) is 0 Å². The van der Waals surface area contributed by atoms with Crippen molar-refractivity contribution in [1.82, 2.24) is 5.32 Å². The third kappa shape index (κ3) is 3.68. The van der Waals surface area contributed by atoms with Crippen molar-refractivity contribution in [2.75, 3.05) is 0 Å². The maximum Gasteiger partial charge on any atom is 0.270 e. The van der Waals surface area contributed by atoms with Gasteiger partial charge in [-0.2, -0.15) is 0 Å². The van der Waals surface area contributed by atoms with E-state index in [-0.39, 0.29) is 17.6 Å². The van der Waals surface area contributed by atoms with Crippen LogP contribution in [0.25, 0.3) is 0 Å². The molecule has 5 nitrogen and oxygen atoms in total. The van der Waals surface area contributed by atoms with Gasteiger partial charge in [0.15, 0.2) is 0 Å². The highest BCUT2D eigenvalue weighted by Crippen LogP contribution is 2.24. The number of nitrogens with zero attached hydrogens (tertiary/aromatic N) is 1. The molecule has 0 aromatic heterocycles. The second-order valence-corrected chi connectivity index (χ2v) is 6.51. The van der Waals surface area contributed by atoms with Crippen LogP contribution in [-0.2, 0) is 0 Å². The van der Waals surface area contributed by atoms with Gasteiger partial charge < -0.3 is 5.32 Å². The van der Waals surface area contributed by atoms with E-state index >= 15 is 0 Å². The van der Waals surface area contributed by atoms with E-state index in [0.717, 1.165) is 35.2 Å². The minimum atomic E-state index is -0.477. The summed E-state index contributed by atoms with van der Waals surface area (Å²) in [6, 6.07) is 4.56. The number of halogens is 1. The van der Waals surface area contributed by atoms with Crippen LogP contribution in [0.5, 0.6) is 0 Å². The molecule has 6 heteroatoms. The lowest BCUT2D eigenvalue weighted by Crippen LogP contribution is -2.37. The summed E-state index contributed by atoms with van der Waals surface area (Å²) >= 11 is 2.03. The van der Waals surface area contributed by atoms with Crippen molar-refractivity contribution < 1.29 is 9.72 Å².